The number of aliphatic hydroxyl groups excluding tert-OH is 8. The average Bonchev–Trinajstić information content (AvgIpc) is 3.47. The molecular weight excluding hydrogens is 1000 g/mol. The summed E-state index contributed by atoms with van der Waals surface area (Å²) in [4.78, 5) is 13.2. The predicted octanol–water partition coefficient (Wildman–Crippen LogP) is 10.8. The number of nitrogens with one attached hydrogen (secondary N) is 1. The van der Waals surface area contributed by atoms with E-state index in [1.165, 1.54) is 70.6 Å². The molecule has 12 atom stereocenters. The molecule has 452 valence electrons. The van der Waals surface area contributed by atoms with Gasteiger partial charge in [0.1, 0.15) is 48.8 Å². The third kappa shape index (κ3) is 34.6. The first kappa shape index (κ1) is 71.8. The second kappa shape index (κ2) is 49.3. The van der Waals surface area contributed by atoms with Crippen LogP contribution >= 0.6 is 0 Å². The van der Waals surface area contributed by atoms with Crippen LogP contribution in [0.15, 0.2) is 109 Å². The summed E-state index contributed by atoms with van der Waals surface area (Å²) in [6, 6.07) is -0.922. The molecule has 0 aromatic heterocycles. The van der Waals surface area contributed by atoms with Crippen LogP contribution in [0.25, 0.3) is 0 Å². The van der Waals surface area contributed by atoms with Crippen molar-refractivity contribution < 1.29 is 64.6 Å². The summed E-state index contributed by atoms with van der Waals surface area (Å²) >= 11 is 0. The summed E-state index contributed by atoms with van der Waals surface area (Å²) in [7, 11) is 0. The molecule has 79 heavy (non-hydrogen) atoms. The molecule has 9 N–H and O–H groups in total. The third-order valence-corrected chi connectivity index (χ3v) is 14.2. The van der Waals surface area contributed by atoms with Crippen molar-refractivity contribution in [1.29, 1.82) is 0 Å². The molecule has 0 spiro atoms. The van der Waals surface area contributed by atoms with Gasteiger partial charge in [0.25, 0.3) is 0 Å². The molecule has 14 nitrogen and oxygen atoms in total. The summed E-state index contributed by atoms with van der Waals surface area (Å²) in [6.07, 6.45) is 52.9. The largest absolute Gasteiger partial charge is 0.394 e. The van der Waals surface area contributed by atoms with Crippen LogP contribution in [-0.4, -0.2) is 140 Å². The number of carbonyl (C=O) groups excluding carboxylic acids is 1. The van der Waals surface area contributed by atoms with E-state index in [-0.39, 0.29) is 18.9 Å². The quantitative estimate of drug-likeness (QED) is 0.0204. The lowest BCUT2D eigenvalue weighted by Gasteiger charge is -2.46. The second-order valence-electron chi connectivity index (χ2n) is 21.1. The Morgan fingerprint density at radius 1 is 0.468 bits per heavy atom. The molecule has 2 aliphatic heterocycles. The minimum absolute atomic E-state index is 0.251. The minimum atomic E-state index is -1.79. The van der Waals surface area contributed by atoms with Crippen LogP contribution in [0.2, 0.25) is 0 Å². The Labute approximate surface area is 476 Å². The summed E-state index contributed by atoms with van der Waals surface area (Å²) in [5.74, 6) is -0.251. The van der Waals surface area contributed by atoms with Crippen molar-refractivity contribution in [1.82, 2.24) is 5.32 Å². The van der Waals surface area contributed by atoms with Crippen molar-refractivity contribution in [3.05, 3.63) is 109 Å². The maximum atomic E-state index is 13.2. The van der Waals surface area contributed by atoms with E-state index in [2.05, 4.69) is 116 Å². The van der Waals surface area contributed by atoms with Gasteiger partial charge < -0.3 is 65.1 Å². The number of allylic oxidation sites excluding steroid dienone is 17. The fourth-order valence-corrected chi connectivity index (χ4v) is 9.31. The number of aliphatic hydroxyl groups is 8. The molecule has 0 radical (unpaired) electrons. The standard InChI is InChI=1S/C65H109NO13/c1-3-5-7-9-11-13-15-16-17-18-19-20-21-22-23-24-25-26-27-28-29-30-31-32-33-34-35-36-37-38-39-41-43-45-47-49-57(70)66-53(54(69)48-46-44-42-40-14-12-10-8-6-4-2)52-76-64-62(75)60(73)63(56(51-68)78-64)79-65-61(74)59(72)58(71)55(50-67)77-65/h5,7,11,13,16-17,19-20,22-23,25-26,28-29,31-32,46,48,53-56,58-65,67-69,71-75H,3-4,6,8-10,12,14-15,18,21,24,27,30,33-45,47,49-52H2,1-2H3,(H,66,70)/b7-5-,13-11-,17-16-,20-19-,23-22-,26-25-,29-28-,32-31-,48-46+. The van der Waals surface area contributed by atoms with Crippen LogP contribution in [0, 0.1) is 0 Å². The van der Waals surface area contributed by atoms with Gasteiger partial charge in [-0.05, 0) is 83.5 Å². The first-order valence-corrected chi connectivity index (χ1v) is 30.6. The highest BCUT2D eigenvalue weighted by atomic mass is 16.7. The van der Waals surface area contributed by atoms with Crippen LogP contribution < -0.4 is 5.32 Å². The van der Waals surface area contributed by atoms with E-state index in [9.17, 15) is 45.6 Å². The van der Waals surface area contributed by atoms with Crippen molar-refractivity contribution in [2.75, 3.05) is 19.8 Å². The van der Waals surface area contributed by atoms with E-state index in [1.807, 2.05) is 6.08 Å². The van der Waals surface area contributed by atoms with Gasteiger partial charge in [0.05, 0.1) is 32.0 Å². The Morgan fingerprint density at radius 2 is 0.873 bits per heavy atom. The fourth-order valence-electron chi connectivity index (χ4n) is 9.31. The highest BCUT2D eigenvalue weighted by molar-refractivity contribution is 5.76. The molecule has 2 saturated heterocycles. The lowest BCUT2D eigenvalue weighted by atomic mass is 9.97. The van der Waals surface area contributed by atoms with Gasteiger partial charge in [-0.2, -0.15) is 0 Å². The molecule has 0 aromatic carbocycles. The van der Waals surface area contributed by atoms with Gasteiger partial charge in [-0.3, -0.25) is 4.79 Å². The highest BCUT2D eigenvalue weighted by Crippen LogP contribution is 2.30. The predicted molar refractivity (Wildman–Crippen MR) is 318 cm³/mol. The first-order chi connectivity index (χ1) is 38.6. The van der Waals surface area contributed by atoms with Gasteiger partial charge >= 0.3 is 0 Å². The number of hydrogen-bond acceptors (Lipinski definition) is 13. The maximum Gasteiger partial charge on any atom is 0.220 e. The number of unbranched alkanes of at least 4 members (excludes halogenated alkanes) is 18. The maximum absolute atomic E-state index is 13.2. The molecule has 2 heterocycles. The van der Waals surface area contributed by atoms with Crippen LogP contribution in [0.4, 0.5) is 0 Å². The van der Waals surface area contributed by atoms with E-state index in [0.29, 0.717) is 6.42 Å². The number of ether oxygens (including phenoxy) is 4. The first-order valence-electron chi connectivity index (χ1n) is 30.6. The molecule has 2 aliphatic rings. The van der Waals surface area contributed by atoms with Crippen LogP contribution in [0.5, 0.6) is 0 Å². The average molecular weight is 1110 g/mol. The van der Waals surface area contributed by atoms with E-state index >= 15 is 0 Å². The molecule has 12 unspecified atom stereocenters. The fraction of sp³-hybridized carbons (Fsp3) is 0.708. The topological polar surface area (TPSA) is 228 Å². The van der Waals surface area contributed by atoms with Crippen molar-refractivity contribution in [2.45, 2.75) is 274 Å². The molecular formula is C65H109NO13. The Balaban J connectivity index is 1.63. The number of rotatable bonds is 47. The van der Waals surface area contributed by atoms with Gasteiger partial charge in [-0.15, -0.1) is 0 Å². The van der Waals surface area contributed by atoms with E-state index in [1.54, 1.807) is 6.08 Å². The lowest BCUT2D eigenvalue weighted by Crippen LogP contribution is -2.65. The Hall–Kier alpha value is -3.35. The lowest BCUT2D eigenvalue weighted by molar-refractivity contribution is -0.359. The van der Waals surface area contributed by atoms with Crippen molar-refractivity contribution in [3.8, 4) is 0 Å². The molecule has 2 rings (SSSR count). The van der Waals surface area contributed by atoms with Crippen LogP contribution in [0.1, 0.15) is 200 Å². The minimum Gasteiger partial charge on any atom is -0.394 e. The molecule has 0 aromatic rings. The summed E-state index contributed by atoms with van der Waals surface area (Å²) in [5.41, 5.74) is 0. The summed E-state index contributed by atoms with van der Waals surface area (Å²) < 4.78 is 22.7. The van der Waals surface area contributed by atoms with Crippen molar-refractivity contribution in [3.63, 3.8) is 0 Å². The normalized spacial score (nSPS) is 25.2. The monoisotopic (exact) mass is 1110 g/mol. The molecule has 0 saturated carbocycles. The molecule has 2 fully saturated rings. The summed E-state index contributed by atoms with van der Waals surface area (Å²) in [5, 5.41) is 86.9. The number of hydrogen-bond donors (Lipinski definition) is 9. The molecule has 0 aliphatic carbocycles. The Morgan fingerprint density at radius 3 is 1.34 bits per heavy atom. The van der Waals surface area contributed by atoms with E-state index in [4.69, 9.17) is 18.9 Å². The van der Waals surface area contributed by atoms with E-state index in [0.717, 1.165) is 103 Å². The molecule has 14 heteroatoms. The van der Waals surface area contributed by atoms with Crippen molar-refractivity contribution >= 4 is 5.91 Å². The van der Waals surface area contributed by atoms with E-state index < -0.39 is 86.8 Å². The van der Waals surface area contributed by atoms with Crippen LogP contribution in [-0.2, 0) is 23.7 Å². The van der Waals surface area contributed by atoms with Crippen molar-refractivity contribution in [2.24, 2.45) is 0 Å². The third-order valence-electron chi connectivity index (χ3n) is 14.2. The Kier molecular flexibility index (Phi) is 44.8. The molecule has 0 bridgehead atoms. The van der Waals surface area contributed by atoms with Gasteiger partial charge in [0, 0.05) is 6.42 Å². The highest BCUT2D eigenvalue weighted by Gasteiger charge is 2.51. The zero-order valence-electron chi connectivity index (χ0n) is 48.6. The van der Waals surface area contributed by atoms with Gasteiger partial charge in [-0.25, -0.2) is 0 Å². The van der Waals surface area contributed by atoms with Gasteiger partial charge in [-0.1, -0.05) is 220 Å². The zero-order chi connectivity index (χ0) is 57.4. The Bertz CT molecular complexity index is 1740. The van der Waals surface area contributed by atoms with Crippen LogP contribution in [0.3, 0.4) is 0 Å². The summed E-state index contributed by atoms with van der Waals surface area (Å²) in [6.45, 7) is 2.63. The zero-order valence-corrected chi connectivity index (χ0v) is 48.6. The number of carbonyl (C=O) groups is 1. The smallest absolute Gasteiger partial charge is 0.220 e. The molecule has 1 amide bonds. The SMILES string of the molecule is CC/C=C\C/C=C\C/C=C\C/C=C\C/C=C\C/C=C\C/C=C\C/C=C\CCCCCCCCCCCCC(=O)NC(COC1OC(CO)C(OC2OC(CO)C(O)C(O)C2O)C(O)C1O)C(O)/C=C/CCCCCCCCCC. The number of amides is 1. The van der Waals surface area contributed by atoms with Gasteiger partial charge in [0.2, 0.25) is 5.91 Å². The second-order valence-corrected chi connectivity index (χ2v) is 21.1. The van der Waals surface area contributed by atoms with Gasteiger partial charge in [0.15, 0.2) is 12.6 Å².